The van der Waals surface area contributed by atoms with Crippen LogP contribution in [-0.2, 0) is 0 Å². The van der Waals surface area contributed by atoms with Crippen LogP contribution in [0.25, 0.3) is 5.69 Å². The maximum atomic E-state index is 12.7. The molecule has 2 aliphatic rings. The zero-order valence-electron chi connectivity index (χ0n) is 10.9. The highest BCUT2D eigenvalue weighted by Crippen LogP contribution is 2.42. The second-order valence-electron chi connectivity index (χ2n) is 5.15. The molecule has 1 aromatic heterocycles. The highest BCUT2D eigenvalue weighted by atomic mass is 79.9. The van der Waals surface area contributed by atoms with Crippen LogP contribution in [0, 0.1) is 0 Å². The van der Waals surface area contributed by atoms with E-state index in [1.54, 1.807) is 11.2 Å². The third-order valence-corrected chi connectivity index (χ3v) is 4.76. The first-order valence-corrected chi connectivity index (χ1v) is 7.36. The van der Waals surface area contributed by atoms with E-state index in [4.69, 9.17) is 5.73 Å². The Bertz CT molecular complexity index is 798. The van der Waals surface area contributed by atoms with Crippen molar-refractivity contribution in [3.05, 3.63) is 46.0 Å². The summed E-state index contributed by atoms with van der Waals surface area (Å²) < 4.78 is 2.54. The quantitative estimate of drug-likeness (QED) is 0.851. The summed E-state index contributed by atoms with van der Waals surface area (Å²) in [6.07, 6.45) is 2.37. The fourth-order valence-corrected chi connectivity index (χ4v) is 3.57. The number of nitrogens with zero attached hydrogens (tertiary/aromatic N) is 3. The normalized spacial score (nSPS) is 19.2. The number of benzene rings is 1. The lowest BCUT2D eigenvalue weighted by atomic mass is 9.97. The molecule has 7 heteroatoms. The van der Waals surface area contributed by atoms with Crippen LogP contribution in [0.15, 0.2) is 29.0 Å². The number of imidazole rings is 1. The molecule has 1 atom stereocenters. The van der Waals surface area contributed by atoms with Gasteiger partial charge in [-0.3, -0.25) is 14.2 Å². The van der Waals surface area contributed by atoms with Crippen molar-refractivity contribution in [3.8, 4) is 5.69 Å². The summed E-state index contributed by atoms with van der Waals surface area (Å²) in [6.45, 7) is 0.674. The molecule has 1 aromatic carbocycles. The topological polar surface area (TPSA) is 81.2 Å². The summed E-state index contributed by atoms with van der Waals surface area (Å²) >= 11 is 3.44. The molecule has 21 heavy (non-hydrogen) atoms. The third-order valence-electron chi connectivity index (χ3n) is 4.10. The second kappa shape index (κ2) is 4.17. The number of hydrogen-bond donors (Lipinski definition) is 1. The van der Waals surface area contributed by atoms with Gasteiger partial charge in [-0.05, 0) is 34.5 Å². The van der Waals surface area contributed by atoms with Gasteiger partial charge in [-0.15, -0.1) is 0 Å². The Hall–Kier alpha value is -2.15. The van der Waals surface area contributed by atoms with Crippen LogP contribution in [0.4, 0.5) is 0 Å². The number of carbonyl (C=O) groups excluding carboxylic acids is 2. The van der Waals surface area contributed by atoms with Gasteiger partial charge in [0.05, 0.1) is 23.0 Å². The first-order chi connectivity index (χ1) is 10.1. The summed E-state index contributed by atoms with van der Waals surface area (Å²) in [6, 6.07) is 5.40. The number of amides is 2. The molecule has 0 bridgehead atoms. The molecule has 1 fully saturated rings. The predicted octanol–water partition coefficient (Wildman–Crippen LogP) is 1.63. The van der Waals surface area contributed by atoms with Crippen molar-refractivity contribution in [2.45, 2.75) is 12.5 Å². The molecule has 0 aliphatic carbocycles. The number of carbonyl (C=O) groups is 2. The average Bonchev–Trinajstić information content (AvgIpc) is 2.78. The van der Waals surface area contributed by atoms with Gasteiger partial charge < -0.3 is 10.6 Å². The lowest BCUT2D eigenvalue weighted by Crippen LogP contribution is -2.45. The van der Waals surface area contributed by atoms with Crippen molar-refractivity contribution in [2.75, 3.05) is 6.54 Å². The Morgan fingerprint density at radius 2 is 2.24 bits per heavy atom. The van der Waals surface area contributed by atoms with Gasteiger partial charge >= 0.3 is 0 Å². The summed E-state index contributed by atoms with van der Waals surface area (Å²) in [5.41, 5.74) is 7.68. The van der Waals surface area contributed by atoms with Gasteiger partial charge in [-0.1, -0.05) is 6.07 Å². The Balaban J connectivity index is 2.07. The zero-order chi connectivity index (χ0) is 14.7. The van der Waals surface area contributed by atoms with Crippen LogP contribution in [-0.4, -0.2) is 32.8 Å². The van der Waals surface area contributed by atoms with E-state index in [0.29, 0.717) is 17.8 Å². The van der Waals surface area contributed by atoms with Gasteiger partial charge in [-0.25, -0.2) is 4.98 Å². The van der Waals surface area contributed by atoms with Crippen molar-refractivity contribution >= 4 is 27.7 Å². The van der Waals surface area contributed by atoms with Crippen LogP contribution in [0.3, 0.4) is 0 Å². The monoisotopic (exact) mass is 346 g/mol. The highest BCUT2D eigenvalue weighted by molar-refractivity contribution is 9.10. The van der Waals surface area contributed by atoms with E-state index in [-0.39, 0.29) is 17.6 Å². The largest absolute Gasteiger partial charge is 0.364 e. The van der Waals surface area contributed by atoms with Crippen molar-refractivity contribution in [3.63, 3.8) is 0 Å². The summed E-state index contributed by atoms with van der Waals surface area (Å²) in [4.78, 5) is 30.2. The third kappa shape index (κ3) is 1.55. The molecule has 2 aromatic rings. The Kier molecular flexibility index (Phi) is 2.50. The maximum Gasteiger partial charge on any atom is 0.269 e. The van der Waals surface area contributed by atoms with Crippen molar-refractivity contribution in [2.24, 2.45) is 5.73 Å². The van der Waals surface area contributed by atoms with Crippen LogP contribution in [0.5, 0.6) is 0 Å². The van der Waals surface area contributed by atoms with Crippen LogP contribution in [0.1, 0.15) is 39.0 Å². The maximum absolute atomic E-state index is 12.7. The second-order valence-corrected chi connectivity index (χ2v) is 6.00. The van der Waals surface area contributed by atoms with E-state index in [1.165, 1.54) is 0 Å². The molecule has 2 N–H and O–H groups in total. The van der Waals surface area contributed by atoms with Crippen LogP contribution < -0.4 is 5.73 Å². The standard InChI is InChI=1S/C14H11BrN4O2/c15-7-2-1-3-8-10(7)14(21)18-5-4-9(18)12-11(13(16)20)17-6-19(8)12/h1-3,6,9H,4-5H2,(H2,16,20)/t9-/m0/s1. The molecule has 2 amide bonds. The van der Waals surface area contributed by atoms with Crippen molar-refractivity contribution in [1.29, 1.82) is 0 Å². The Morgan fingerprint density at radius 3 is 2.90 bits per heavy atom. The number of aromatic nitrogens is 2. The fraction of sp³-hybridized carbons (Fsp3) is 0.214. The molecule has 2 aliphatic heterocycles. The molecule has 4 rings (SSSR count). The molecule has 0 radical (unpaired) electrons. The van der Waals surface area contributed by atoms with E-state index < -0.39 is 5.91 Å². The van der Waals surface area contributed by atoms with Crippen molar-refractivity contribution in [1.82, 2.24) is 14.5 Å². The van der Waals surface area contributed by atoms with E-state index in [2.05, 4.69) is 20.9 Å². The molecule has 6 nitrogen and oxygen atoms in total. The van der Waals surface area contributed by atoms with Gasteiger partial charge in [0.25, 0.3) is 11.8 Å². The number of hydrogen-bond acceptors (Lipinski definition) is 3. The van der Waals surface area contributed by atoms with Gasteiger partial charge in [-0.2, -0.15) is 0 Å². The van der Waals surface area contributed by atoms with E-state index in [1.807, 2.05) is 22.8 Å². The molecule has 1 saturated heterocycles. The highest BCUT2D eigenvalue weighted by Gasteiger charge is 2.42. The SMILES string of the molecule is NC(=O)c1ncn2c1[C@@H]1CCN1C(=O)c1c(Br)cccc1-2. The van der Waals surface area contributed by atoms with E-state index in [9.17, 15) is 9.59 Å². The minimum absolute atomic E-state index is 0.0344. The zero-order valence-corrected chi connectivity index (χ0v) is 12.5. The average molecular weight is 347 g/mol. The lowest BCUT2D eigenvalue weighted by molar-refractivity contribution is 0.0456. The first kappa shape index (κ1) is 12.6. The number of primary amides is 1. The molecule has 0 unspecified atom stereocenters. The number of nitrogens with two attached hydrogens (primary N) is 1. The van der Waals surface area contributed by atoms with Gasteiger partial charge in [0.2, 0.25) is 0 Å². The van der Waals surface area contributed by atoms with E-state index >= 15 is 0 Å². The summed E-state index contributed by atoms with van der Waals surface area (Å²) in [5.74, 6) is -0.602. The molecular weight excluding hydrogens is 336 g/mol. The molecular formula is C14H11BrN4O2. The minimum Gasteiger partial charge on any atom is -0.364 e. The lowest BCUT2D eigenvalue weighted by Gasteiger charge is -2.39. The van der Waals surface area contributed by atoms with Crippen LogP contribution in [0.2, 0.25) is 0 Å². The van der Waals surface area contributed by atoms with Gasteiger partial charge in [0.15, 0.2) is 5.69 Å². The number of fused-ring (bicyclic) bond motifs is 5. The Labute approximate surface area is 128 Å². The smallest absolute Gasteiger partial charge is 0.269 e. The predicted molar refractivity (Wildman–Crippen MR) is 78.2 cm³/mol. The van der Waals surface area contributed by atoms with Gasteiger partial charge in [0.1, 0.15) is 6.33 Å². The molecule has 106 valence electrons. The Morgan fingerprint density at radius 1 is 1.43 bits per heavy atom. The van der Waals surface area contributed by atoms with E-state index in [0.717, 1.165) is 16.6 Å². The first-order valence-electron chi connectivity index (χ1n) is 6.56. The molecule has 3 heterocycles. The van der Waals surface area contributed by atoms with Crippen molar-refractivity contribution < 1.29 is 9.59 Å². The molecule has 0 spiro atoms. The van der Waals surface area contributed by atoms with Crippen LogP contribution >= 0.6 is 15.9 Å². The summed E-state index contributed by atoms with van der Waals surface area (Å²) in [5, 5.41) is 0. The minimum atomic E-state index is -0.568. The van der Waals surface area contributed by atoms with Gasteiger partial charge in [0, 0.05) is 11.0 Å². The number of rotatable bonds is 1. The summed E-state index contributed by atoms with van der Waals surface area (Å²) in [7, 11) is 0. The molecule has 0 saturated carbocycles. The number of halogens is 1. The fourth-order valence-electron chi connectivity index (χ4n) is 3.04.